The lowest BCUT2D eigenvalue weighted by atomic mass is 9.99. The van der Waals surface area contributed by atoms with Gasteiger partial charge in [-0.05, 0) is 36.6 Å². The second-order valence-electron chi connectivity index (χ2n) is 5.25. The molecule has 3 nitrogen and oxygen atoms in total. The zero-order valence-corrected chi connectivity index (χ0v) is 11.7. The predicted octanol–water partition coefficient (Wildman–Crippen LogP) is 1.97. The molecule has 2 rings (SSSR count). The Kier molecular flexibility index (Phi) is 5.06. The van der Waals surface area contributed by atoms with Crippen LogP contribution in [0.5, 0.6) is 0 Å². The number of piperazine rings is 1. The molecule has 1 unspecified atom stereocenters. The van der Waals surface area contributed by atoms with Crippen LogP contribution >= 0.6 is 0 Å². The van der Waals surface area contributed by atoms with E-state index in [-0.39, 0.29) is 11.8 Å². The van der Waals surface area contributed by atoms with Gasteiger partial charge < -0.3 is 10.2 Å². The molecule has 5 heteroatoms. The maximum atomic E-state index is 13.5. The molecule has 1 aliphatic heterocycles. The quantitative estimate of drug-likeness (QED) is 0.915. The van der Waals surface area contributed by atoms with Crippen LogP contribution in [0.4, 0.5) is 8.78 Å². The lowest BCUT2D eigenvalue weighted by Crippen LogP contribution is -2.48. The van der Waals surface area contributed by atoms with Gasteiger partial charge in [0.1, 0.15) is 11.6 Å². The Hall–Kier alpha value is -1.49. The first-order chi connectivity index (χ1) is 9.58. The van der Waals surface area contributed by atoms with Gasteiger partial charge in [0.15, 0.2) is 0 Å². The van der Waals surface area contributed by atoms with Crippen LogP contribution in [-0.2, 0) is 11.2 Å². The summed E-state index contributed by atoms with van der Waals surface area (Å²) in [5.41, 5.74) is 0.338. The summed E-state index contributed by atoms with van der Waals surface area (Å²) < 4.78 is 26.6. The smallest absolute Gasteiger partial charge is 0.225 e. The van der Waals surface area contributed by atoms with Crippen molar-refractivity contribution in [2.75, 3.05) is 26.2 Å². The van der Waals surface area contributed by atoms with Gasteiger partial charge in [0.05, 0.1) is 0 Å². The average Bonchev–Trinajstić information content (AvgIpc) is 2.48. The minimum absolute atomic E-state index is 0.100. The fourth-order valence-electron chi connectivity index (χ4n) is 2.43. The summed E-state index contributed by atoms with van der Waals surface area (Å²) in [6.45, 7) is 4.92. The maximum Gasteiger partial charge on any atom is 0.225 e. The Balaban J connectivity index is 1.89. The number of nitrogens with zero attached hydrogens (tertiary/aromatic N) is 1. The molecule has 1 fully saturated rings. The van der Waals surface area contributed by atoms with E-state index in [1.54, 1.807) is 0 Å². The number of carbonyl (C=O) groups excluding carboxylic acids is 1. The minimum atomic E-state index is -0.442. The third kappa shape index (κ3) is 3.76. The van der Waals surface area contributed by atoms with Gasteiger partial charge in [-0.2, -0.15) is 0 Å². The van der Waals surface area contributed by atoms with Crippen molar-refractivity contribution in [2.45, 2.75) is 19.8 Å². The summed E-state index contributed by atoms with van der Waals surface area (Å²) in [7, 11) is 0. The van der Waals surface area contributed by atoms with Gasteiger partial charge in [0.25, 0.3) is 0 Å². The molecule has 1 N–H and O–H groups in total. The van der Waals surface area contributed by atoms with Gasteiger partial charge in [-0.15, -0.1) is 0 Å². The first-order valence-corrected chi connectivity index (χ1v) is 7.01. The second kappa shape index (κ2) is 6.79. The average molecular weight is 282 g/mol. The van der Waals surface area contributed by atoms with Crippen LogP contribution in [0.3, 0.4) is 0 Å². The Labute approximate surface area is 118 Å². The predicted molar refractivity (Wildman–Crippen MR) is 73.3 cm³/mol. The van der Waals surface area contributed by atoms with Crippen LogP contribution in [0, 0.1) is 17.6 Å². The van der Waals surface area contributed by atoms with Crippen molar-refractivity contribution >= 4 is 5.91 Å². The largest absolute Gasteiger partial charge is 0.340 e. The molecule has 1 aliphatic rings. The highest BCUT2D eigenvalue weighted by Gasteiger charge is 2.22. The van der Waals surface area contributed by atoms with E-state index in [4.69, 9.17) is 0 Å². The molecule has 0 aliphatic carbocycles. The fraction of sp³-hybridized carbons (Fsp3) is 0.533. The van der Waals surface area contributed by atoms with Crippen LogP contribution in [-0.4, -0.2) is 37.0 Å². The summed E-state index contributed by atoms with van der Waals surface area (Å²) in [5, 5.41) is 3.19. The Morgan fingerprint density at radius 3 is 2.75 bits per heavy atom. The molecule has 1 amide bonds. The highest BCUT2D eigenvalue weighted by atomic mass is 19.1. The first-order valence-electron chi connectivity index (χ1n) is 7.01. The van der Waals surface area contributed by atoms with E-state index in [1.807, 2.05) is 11.8 Å². The molecule has 0 aromatic heterocycles. The van der Waals surface area contributed by atoms with E-state index in [9.17, 15) is 13.6 Å². The number of amides is 1. The molecule has 0 saturated carbocycles. The third-order valence-electron chi connectivity index (χ3n) is 3.70. The highest BCUT2D eigenvalue weighted by molar-refractivity contribution is 5.78. The van der Waals surface area contributed by atoms with Crippen LogP contribution in [0.1, 0.15) is 18.9 Å². The minimum Gasteiger partial charge on any atom is -0.340 e. The summed E-state index contributed by atoms with van der Waals surface area (Å²) in [6, 6.07) is 3.44. The Bertz CT molecular complexity index is 473. The van der Waals surface area contributed by atoms with Crippen molar-refractivity contribution in [2.24, 2.45) is 5.92 Å². The summed E-state index contributed by atoms with van der Waals surface area (Å²) in [4.78, 5) is 14.0. The monoisotopic (exact) mass is 282 g/mol. The van der Waals surface area contributed by atoms with E-state index >= 15 is 0 Å². The third-order valence-corrected chi connectivity index (χ3v) is 3.70. The first kappa shape index (κ1) is 14.9. The van der Waals surface area contributed by atoms with Gasteiger partial charge in [-0.3, -0.25) is 4.79 Å². The molecule has 1 heterocycles. The molecule has 1 atom stereocenters. The van der Waals surface area contributed by atoms with E-state index in [0.29, 0.717) is 18.4 Å². The number of carbonyl (C=O) groups is 1. The van der Waals surface area contributed by atoms with Crippen molar-refractivity contribution in [3.8, 4) is 0 Å². The molecule has 1 aromatic rings. The number of hydrogen-bond donors (Lipinski definition) is 1. The standard InChI is InChI=1S/C15H20F2N2O/c1-11(15(20)19-8-6-18-7-9-19)2-3-12-10-13(16)4-5-14(12)17/h4-5,10-11,18H,2-3,6-9H2,1H3. The maximum absolute atomic E-state index is 13.5. The molecule has 110 valence electrons. The summed E-state index contributed by atoms with van der Waals surface area (Å²) in [6.07, 6.45) is 0.908. The van der Waals surface area contributed by atoms with E-state index < -0.39 is 11.6 Å². The molecule has 1 saturated heterocycles. The highest BCUT2D eigenvalue weighted by Crippen LogP contribution is 2.16. The van der Waals surface area contributed by atoms with Crippen molar-refractivity contribution in [3.05, 3.63) is 35.4 Å². The van der Waals surface area contributed by atoms with E-state index in [2.05, 4.69) is 5.32 Å². The zero-order chi connectivity index (χ0) is 14.5. The molecular formula is C15H20F2N2O. The zero-order valence-electron chi connectivity index (χ0n) is 11.7. The lowest BCUT2D eigenvalue weighted by molar-refractivity contribution is -0.135. The second-order valence-corrected chi connectivity index (χ2v) is 5.25. The van der Waals surface area contributed by atoms with Crippen molar-refractivity contribution in [3.63, 3.8) is 0 Å². The molecule has 1 aromatic carbocycles. The normalized spacial score (nSPS) is 17.1. The van der Waals surface area contributed by atoms with Gasteiger partial charge >= 0.3 is 0 Å². The number of aryl methyl sites for hydroxylation is 1. The SMILES string of the molecule is CC(CCc1cc(F)ccc1F)C(=O)N1CCNCC1. The van der Waals surface area contributed by atoms with Crippen LogP contribution < -0.4 is 5.32 Å². The summed E-state index contributed by atoms with van der Waals surface area (Å²) >= 11 is 0. The number of nitrogens with one attached hydrogen (secondary N) is 1. The van der Waals surface area contributed by atoms with Gasteiger partial charge in [-0.1, -0.05) is 6.92 Å². The topological polar surface area (TPSA) is 32.3 Å². The van der Waals surface area contributed by atoms with Crippen LogP contribution in [0.2, 0.25) is 0 Å². The molecular weight excluding hydrogens is 262 g/mol. The number of hydrogen-bond acceptors (Lipinski definition) is 2. The molecule has 20 heavy (non-hydrogen) atoms. The van der Waals surface area contributed by atoms with Crippen molar-refractivity contribution < 1.29 is 13.6 Å². The molecule has 0 bridgehead atoms. The molecule has 0 radical (unpaired) electrons. The van der Waals surface area contributed by atoms with Gasteiger partial charge in [0, 0.05) is 32.1 Å². The van der Waals surface area contributed by atoms with Gasteiger partial charge in [0.2, 0.25) is 5.91 Å². The van der Waals surface area contributed by atoms with Crippen molar-refractivity contribution in [1.82, 2.24) is 10.2 Å². The number of halogens is 2. The van der Waals surface area contributed by atoms with E-state index in [1.165, 1.54) is 6.07 Å². The van der Waals surface area contributed by atoms with Crippen LogP contribution in [0.25, 0.3) is 0 Å². The van der Waals surface area contributed by atoms with Gasteiger partial charge in [-0.25, -0.2) is 8.78 Å². The lowest BCUT2D eigenvalue weighted by Gasteiger charge is -2.29. The van der Waals surface area contributed by atoms with E-state index in [0.717, 1.165) is 38.3 Å². The number of rotatable bonds is 4. The summed E-state index contributed by atoms with van der Waals surface area (Å²) in [5.74, 6) is -0.921. The molecule has 0 spiro atoms. The van der Waals surface area contributed by atoms with Crippen molar-refractivity contribution in [1.29, 1.82) is 0 Å². The Morgan fingerprint density at radius 2 is 2.05 bits per heavy atom. The fourth-order valence-corrected chi connectivity index (χ4v) is 2.43. The van der Waals surface area contributed by atoms with Crippen LogP contribution in [0.15, 0.2) is 18.2 Å². The Morgan fingerprint density at radius 1 is 1.35 bits per heavy atom. The number of benzene rings is 1.